The zero-order valence-corrected chi connectivity index (χ0v) is 19.7. The fraction of sp³-hybridized carbons (Fsp3) is 0.500. The lowest BCUT2D eigenvalue weighted by Gasteiger charge is -2.10. The molecule has 6 nitrogen and oxygen atoms in total. The van der Waals surface area contributed by atoms with Crippen molar-refractivity contribution in [2.24, 2.45) is 0 Å². The summed E-state index contributed by atoms with van der Waals surface area (Å²) in [5.41, 5.74) is -11.0. The first-order valence-electron chi connectivity index (χ1n) is 8.41. The van der Waals surface area contributed by atoms with Gasteiger partial charge in [-0.15, -0.1) is 0 Å². The summed E-state index contributed by atoms with van der Waals surface area (Å²) in [6, 6.07) is 9.22. The third kappa shape index (κ3) is 12.5. The molecule has 0 aliphatic rings. The fourth-order valence-corrected chi connectivity index (χ4v) is 4.30. The predicted octanol–water partition coefficient (Wildman–Crippen LogP) is 1.67. The zero-order chi connectivity index (χ0) is 24.3. The Labute approximate surface area is 186 Å². The van der Waals surface area contributed by atoms with Gasteiger partial charge in [0.2, 0.25) is 0 Å². The molecular formula is C16H19F6IO6S2. The summed E-state index contributed by atoms with van der Waals surface area (Å²) in [5, 5.41) is 0. The van der Waals surface area contributed by atoms with Gasteiger partial charge in [-0.3, -0.25) is 0 Å². The minimum atomic E-state index is -6.09. The van der Waals surface area contributed by atoms with E-state index in [-0.39, 0.29) is 12.2 Å². The Kier molecular flexibility index (Phi) is 12.4. The molecule has 0 atom stereocenters. The van der Waals surface area contributed by atoms with Crippen LogP contribution >= 0.6 is 0 Å². The first-order valence-corrected chi connectivity index (χ1v) is 13.6. The quantitative estimate of drug-likeness (QED) is 0.0801. The van der Waals surface area contributed by atoms with Gasteiger partial charge >= 0.3 is 42.3 Å². The van der Waals surface area contributed by atoms with Gasteiger partial charge in [0.25, 0.3) is 0 Å². The van der Waals surface area contributed by atoms with Crippen molar-refractivity contribution in [1.29, 1.82) is 0 Å². The summed E-state index contributed by atoms with van der Waals surface area (Å²) in [4.78, 5) is 0. The third-order valence-corrected chi connectivity index (χ3v) is 7.11. The molecule has 1 aromatic rings. The average molecular weight is 612 g/mol. The molecule has 0 aliphatic heterocycles. The summed E-state index contributed by atoms with van der Waals surface area (Å²) in [6.45, 7) is 2.02. The highest BCUT2D eigenvalue weighted by Crippen LogP contribution is 2.27. The molecule has 0 amide bonds. The van der Waals surface area contributed by atoms with Crippen LogP contribution in [-0.4, -0.2) is 32.4 Å². The Morgan fingerprint density at radius 2 is 1.48 bits per heavy atom. The molecule has 31 heavy (non-hydrogen) atoms. The standard InChI is InChI=1S/C15H19F3IO3S.CHF3O3S/c1-2-3-4-8-11-14(22-23(20,21)15(16,17)18)12-19-13-9-6-5-7-10-13;2-1(3,4)8(5,6)7/h5-7,9-10,12H,2-4,8,11H2,1H3;(H,5,6,7)/q+1;/p-1/b14-12+;. The summed E-state index contributed by atoms with van der Waals surface area (Å²) >= 11 is -0.750. The van der Waals surface area contributed by atoms with Crippen molar-refractivity contribution >= 4 is 20.2 Å². The van der Waals surface area contributed by atoms with E-state index in [9.17, 15) is 34.8 Å². The third-order valence-electron chi connectivity index (χ3n) is 3.10. The molecule has 0 heterocycles. The van der Waals surface area contributed by atoms with Gasteiger partial charge in [0, 0.05) is 6.42 Å². The lowest BCUT2D eigenvalue weighted by molar-refractivity contribution is -0.558. The highest BCUT2D eigenvalue weighted by Gasteiger charge is 2.49. The van der Waals surface area contributed by atoms with E-state index in [1.807, 2.05) is 37.3 Å². The Morgan fingerprint density at radius 1 is 0.968 bits per heavy atom. The average Bonchev–Trinajstić information content (AvgIpc) is 2.61. The molecule has 0 unspecified atom stereocenters. The summed E-state index contributed by atoms with van der Waals surface area (Å²) in [6.07, 6.45) is 3.56. The molecule has 1 rings (SSSR count). The van der Waals surface area contributed by atoms with Crippen LogP contribution in [0.5, 0.6) is 0 Å². The van der Waals surface area contributed by atoms with Crippen LogP contribution in [0.25, 0.3) is 0 Å². The van der Waals surface area contributed by atoms with Gasteiger partial charge < -0.3 is 8.74 Å². The van der Waals surface area contributed by atoms with Crippen molar-refractivity contribution in [2.45, 2.75) is 50.0 Å². The number of benzene rings is 1. The van der Waals surface area contributed by atoms with Crippen molar-refractivity contribution in [3.63, 3.8) is 0 Å². The van der Waals surface area contributed by atoms with Gasteiger partial charge in [0.1, 0.15) is 0 Å². The number of hydrogen-bond donors (Lipinski definition) is 0. The fourth-order valence-electron chi connectivity index (χ4n) is 1.64. The van der Waals surface area contributed by atoms with Crippen LogP contribution in [0.1, 0.15) is 39.0 Å². The molecule has 0 radical (unpaired) electrons. The Morgan fingerprint density at radius 3 is 1.90 bits per heavy atom. The molecule has 0 saturated heterocycles. The van der Waals surface area contributed by atoms with E-state index in [4.69, 9.17) is 13.0 Å². The van der Waals surface area contributed by atoms with Crippen molar-refractivity contribution in [2.75, 3.05) is 0 Å². The number of hydrogen-bond acceptors (Lipinski definition) is 6. The van der Waals surface area contributed by atoms with Gasteiger partial charge in [-0.25, -0.2) is 8.42 Å². The molecule has 15 heteroatoms. The maximum Gasteiger partial charge on any atom is 0.534 e. The second-order valence-electron chi connectivity index (χ2n) is 5.67. The van der Waals surface area contributed by atoms with Crippen LogP contribution < -0.4 is 21.2 Å². The highest BCUT2D eigenvalue weighted by molar-refractivity contribution is 7.87. The summed E-state index contributed by atoms with van der Waals surface area (Å²) in [5.74, 6) is -0.102. The lowest BCUT2D eigenvalue weighted by Crippen LogP contribution is -3.59. The SMILES string of the molecule is CCCCCC/C(=C\[I+]c1ccccc1)OS(=O)(=O)C(F)(F)F.O=S(=O)([O-])C(F)(F)F. The molecule has 180 valence electrons. The van der Waals surface area contributed by atoms with Crippen LogP contribution in [0, 0.1) is 3.57 Å². The summed E-state index contributed by atoms with van der Waals surface area (Å²) < 4.78 is 126. The lowest BCUT2D eigenvalue weighted by atomic mass is 10.1. The van der Waals surface area contributed by atoms with E-state index in [0.29, 0.717) is 6.42 Å². The Balaban J connectivity index is 0.000000954. The van der Waals surface area contributed by atoms with Crippen molar-refractivity contribution in [1.82, 2.24) is 0 Å². The van der Waals surface area contributed by atoms with Crippen LogP contribution in [-0.2, 0) is 24.4 Å². The maximum atomic E-state index is 12.5. The van der Waals surface area contributed by atoms with Gasteiger partial charge in [-0.1, -0.05) is 44.4 Å². The highest BCUT2D eigenvalue weighted by atomic mass is 127. The second kappa shape index (κ2) is 12.8. The van der Waals surface area contributed by atoms with E-state index < -0.39 is 52.5 Å². The van der Waals surface area contributed by atoms with Gasteiger partial charge in [0.15, 0.2) is 23.5 Å². The van der Waals surface area contributed by atoms with Crippen molar-refractivity contribution in [3.8, 4) is 0 Å². The zero-order valence-electron chi connectivity index (χ0n) is 15.9. The van der Waals surface area contributed by atoms with E-state index in [2.05, 4.69) is 4.18 Å². The first-order chi connectivity index (χ1) is 14.0. The number of rotatable bonds is 9. The van der Waals surface area contributed by atoms with Crippen LogP contribution in [0.4, 0.5) is 26.3 Å². The maximum absolute atomic E-state index is 12.5. The minimum Gasteiger partial charge on any atom is -0.741 e. The number of alkyl halides is 6. The van der Waals surface area contributed by atoms with Crippen LogP contribution in [0.15, 0.2) is 40.2 Å². The number of halogens is 7. The normalized spacial score (nSPS) is 13.4. The van der Waals surface area contributed by atoms with Crippen LogP contribution in [0.2, 0.25) is 0 Å². The van der Waals surface area contributed by atoms with Gasteiger partial charge in [0.05, 0.1) is 0 Å². The Hall–Kier alpha value is -1.07. The molecule has 0 fully saturated rings. The van der Waals surface area contributed by atoms with E-state index in [1.165, 1.54) is 4.08 Å². The van der Waals surface area contributed by atoms with Gasteiger partial charge in [-0.2, -0.15) is 34.8 Å². The molecule has 0 saturated carbocycles. The van der Waals surface area contributed by atoms with Gasteiger partial charge in [-0.05, 0) is 18.6 Å². The summed E-state index contributed by atoms with van der Waals surface area (Å²) in [7, 11) is -11.7. The number of unbranched alkanes of at least 4 members (excludes halogenated alkanes) is 3. The molecule has 0 bridgehead atoms. The van der Waals surface area contributed by atoms with E-state index in [0.717, 1.165) is 22.8 Å². The van der Waals surface area contributed by atoms with Crippen molar-refractivity contribution in [3.05, 3.63) is 43.7 Å². The topological polar surface area (TPSA) is 101 Å². The minimum absolute atomic E-state index is 0.102. The molecular weight excluding hydrogens is 593 g/mol. The molecule has 0 aliphatic carbocycles. The first kappa shape index (κ1) is 29.9. The molecule has 0 N–H and O–H groups in total. The monoisotopic (exact) mass is 612 g/mol. The molecule has 0 aromatic heterocycles. The molecule has 0 spiro atoms. The van der Waals surface area contributed by atoms with E-state index in [1.54, 1.807) is 0 Å². The Bertz CT molecular complexity index is 897. The largest absolute Gasteiger partial charge is 0.741 e. The second-order valence-corrected chi connectivity index (χ2v) is 11.1. The molecule has 1 aromatic carbocycles. The number of allylic oxidation sites excluding steroid dienone is 1. The van der Waals surface area contributed by atoms with Crippen molar-refractivity contribution < 1.29 is 73.1 Å². The smallest absolute Gasteiger partial charge is 0.534 e. The predicted molar refractivity (Wildman–Crippen MR) is 93.8 cm³/mol. The van der Waals surface area contributed by atoms with E-state index >= 15 is 0 Å². The van der Waals surface area contributed by atoms with Crippen LogP contribution in [0.3, 0.4) is 0 Å².